The molecule has 0 unspecified atom stereocenters. The largest absolute Gasteiger partial charge is 0.389 e. The van der Waals surface area contributed by atoms with Crippen LogP contribution in [0.3, 0.4) is 0 Å². The van der Waals surface area contributed by atoms with Crippen LogP contribution in [0.25, 0.3) is 0 Å². The van der Waals surface area contributed by atoms with E-state index in [9.17, 15) is 4.39 Å². The topological polar surface area (TPSA) is 55.9 Å². The summed E-state index contributed by atoms with van der Waals surface area (Å²) in [6.45, 7) is 2.18. The van der Waals surface area contributed by atoms with Gasteiger partial charge in [0.05, 0.1) is 11.3 Å². The van der Waals surface area contributed by atoms with Crippen molar-refractivity contribution < 1.29 is 4.39 Å². The lowest BCUT2D eigenvalue weighted by Gasteiger charge is -2.09. The fraction of sp³-hybridized carbons (Fsp3) is 0.231. The van der Waals surface area contributed by atoms with E-state index in [0.717, 1.165) is 5.69 Å². The third-order valence-corrected chi connectivity index (χ3v) is 3.08. The smallest absolute Gasteiger partial charge is 0.134 e. The van der Waals surface area contributed by atoms with E-state index >= 15 is 0 Å². The highest BCUT2D eigenvalue weighted by Crippen LogP contribution is 2.19. The van der Waals surface area contributed by atoms with Gasteiger partial charge in [-0.25, -0.2) is 4.39 Å². The molecular formula is C13H15FN4S. The Balaban J connectivity index is 2.25. The minimum atomic E-state index is -0.245. The summed E-state index contributed by atoms with van der Waals surface area (Å²) in [5.41, 5.74) is 7.73. The number of nitrogens with two attached hydrogens (primary N) is 1. The summed E-state index contributed by atoms with van der Waals surface area (Å²) in [5.74, 6) is 0.457. The molecule has 1 aromatic carbocycles. The van der Waals surface area contributed by atoms with Gasteiger partial charge in [-0.05, 0) is 13.0 Å². The van der Waals surface area contributed by atoms with E-state index in [0.29, 0.717) is 23.5 Å². The molecule has 0 aliphatic carbocycles. The lowest BCUT2D eigenvalue weighted by molar-refractivity contribution is 0.612. The van der Waals surface area contributed by atoms with Crippen molar-refractivity contribution in [3.05, 3.63) is 46.9 Å². The highest BCUT2D eigenvalue weighted by atomic mass is 32.1. The van der Waals surface area contributed by atoms with Gasteiger partial charge in [-0.1, -0.05) is 30.4 Å². The van der Waals surface area contributed by atoms with Gasteiger partial charge >= 0.3 is 0 Å². The van der Waals surface area contributed by atoms with E-state index in [1.54, 1.807) is 29.9 Å². The number of hydrogen-bond donors (Lipinski definition) is 2. The van der Waals surface area contributed by atoms with E-state index in [1.807, 2.05) is 6.92 Å². The number of hydrogen-bond acceptors (Lipinski definition) is 3. The van der Waals surface area contributed by atoms with Gasteiger partial charge in [0.1, 0.15) is 16.6 Å². The predicted octanol–water partition coefficient (Wildman–Crippen LogP) is 2.11. The van der Waals surface area contributed by atoms with Crippen LogP contribution in [0.2, 0.25) is 0 Å². The van der Waals surface area contributed by atoms with Crippen LogP contribution in [0.5, 0.6) is 0 Å². The molecule has 2 rings (SSSR count). The van der Waals surface area contributed by atoms with Crippen LogP contribution in [0.1, 0.15) is 16.8 Å². The van der Waals surface area contributed by atoms with Gasteiger partial charge in [0.2, 0.25) is 0 Å². The summed E-state index contributed by atoms with van der Waals surface area (Å²) >= 11 is 5.02. The Morgan fingerprint density at radius 2 is 2.16 bits per heavy atom. The van der Waals surface area contributed by atoms with Crippen LogP contribution in [-0.4, -0.2) is 14.8 Å². The molecule has 0 aliphatic rings. The molecule has 0 aliphatic heterocycles. The maximum Gasteiger partial charge on any atom is 0.134 e. The first kappa shape index (κ1) is 13.5. The normalized spacial score (nSPS) is 10.5. The molecule has 0 bridgehead atoms. The van der Waals surface area contributed by atoms with Crippen LogP contribution < -0.4 is 11.1 Å². The molecule has 0 saturated heterocycles. The quantitative estimate of drug-likeness (QED) is 0.841. The van der Waals surface area contributed by atoms with Crippen molar-refractivity contribution in [2.24, 2.45) is 12.8 Å². The average Bonchev–Trinajstić information content (AvgIpc) is 2.63. The van der Waals surface area contributed by atoms with Crippen LogP contribution in [0.4, 0.5) is 10.2 Å². The van der Waals surface area contributed by atoms with E-state index in [-0.39, 0.29) is 10.8 Å². The number of nitrogens with one attached hydrogen (secondary N) is 1. The summed E-state index contributed by atoms with van der Waals surface area (Å²) in [6.07, 6.45) is 0. The van der Waals surface area contributed by atoms with Gasteiger partial charge in [0.15, 0.2) is 0 Å². The zero-order chi connectivity index (χ0) is 14.0. The summed E-state index contributed by atoms with van der Waals surface area (Å²) in [6, 6.07) is 6.61. The van der Waals surface area contributed by atoms with Gasteiger partial charge in [0.25, 0.3) is 0 Å². The predicted molar refractivity (Wildman–Crippen MR) is 77.6 cm³/mol. The Labute approximate surface area is 116 Å². The lowest BCUT2D eigenvalue weighted by Crippen LogP contribution is -2.14. The average molecular weight is 278 g/mol. The van der Waals surface area contributed by atoms with Crippen molar-refractivity contribution in [1.29, 1.82) is 0 Å². The Hall–Kier alpha value is -1.95. The van der Waals surface area contributed by atoms with Crippen LogP contribution in [-0.2, 0) is 13.6 Å². The van der Waals surface area contributed by atoms with E-state index in [1.165, 1.54) is 6.07 Å². The molecule has 0 fully saturated rings. The summed E-state index contributed by atoms with van der Waals surface area (Å²) in [7, 11) is 1.79. The fourth-order valence-corrected chi connectivity index (χ4v) is 2.22. The van der Waals surface area contributed by atoms with Gasteiger partial charge in [-0.3, -0.25) is 4.68 Å². The zero-order valence-electron chi connectivity index (χ0n) is 10.8. The van der Waals surface area contributed by atoms with E-state index in [2.05, 4.69) is 10.4 Å². The number of nitrogens with zero attached hydrogens (tertiary/aromatic N) is 2. The molecule has 0 radical (unpaired) electrons. The van der Waals surface area contributed by atoms with Crippen molar-refractivity contribution in [1.82, 2.24) is 9.78 Å². The first-order valence-corrected chi connectivity index (χ1v) is 6.22. The molecule has 0 spiro atoms. The molecule has 0 atom stereocenters. The maximum atomic E-state index is 13.5. The molecule has 6 heteroatoms. The lowest BCUT2D eigenvalue weighted by atomic mass is 10.2. The van der Waals surface area contributed by atoms with Crippen LogP contribution in [0.15, 0.2) is 24.3 Å². The molecule has 3 N–H and O–H groups in total. The first-order chi connectivity index (χ1) is 9.00. The van der Waals surface area contributed by atoms with E-state index in [4.69, 9.17) is 18.0 Å². The number of halogens is 1. The van der Waals surface area contributed by atoms with Crippen molar-refractivity contribution in [3.8, 4) is 0 Å². The molecule has 0 amide bonds. The molecule has 19 heavy (non-hydrogen) atoms. The van der Waals surface area contributed by atoms with Crippen molar-refractivity contribution in [3.63, 3.8) is 0 Å². The summed E-state index contributed by atoms with van der Waals surface area (Å²) in [4.78, 5) is 0.279. The van der Waals surface area contributed by atoms with Crippen LogP contribution in [0, 0.1) is 12.7 Å². The highest BCUT2D eigenvalue weighted by molar-refractivity contribution is 7.80. The van der Waals surface area contributed by atoms with Gasteiger partial charge in [-0.15, -0.1) is 0 Å². The molecule has 1 aromatic heterocycles. The Morgan fingerprint density at radius 1 is 1.47 bits per heavy atom. The highest BCUT2D eigenvalue weighted by Gasteiger charge is 2.15. The number of aromatic nitrogens is 2. The minimum absolute atomic E-state index is 0.245. The first-order valence-electron chi connectivity index (χ1n) is 5.81. The Kier molecular flexibility index (Phi) is 3.80. The second-order valence-electron chi connectivity index (χ2n) is 4.24. The zero-order valence-corrected chi connectivity index (χ0v) is 11.6. The van der Waals surface area contributed by atoms with E-state index < -0.39 is 0 Å². The van der Waals surface area contributed by atoms with Crippen molar-refractivity contribution >= 4 is 23.0 Å². The Bertz CT molecular complexity index is 621. The third kappa shape index (κ3) is 2.73. The van der Waals surface area contributed by atoms with Crippen LogP contribution >= 0.6 is 12.2 Å². The minimum Gasteiger partial charge on any atom is -0.389 e. The number of benzene rings is 1. The third-order valence-electron chi connectivity index (χ3n) is 2.87. The molecular weight excluding hydrogens is 263 g/mol. The summed E-state index contributed by atoms with van der Waals surface area (Å²) < 4.78 is 15.2. The number of thiocarbonyl (C=S) groups is 1. The SMILES string of the molecule is Cc1nn(C)c(NCc2ccccc2F)c1C(N)=S. The number of rotatable bonds is 4. The molecule has 100 valence electrons. The number of anilines is 1. The molecule has 1 heterocycles. The van der Waals surface area contributed by atoms with Gasteiger partial charge in [0, 0.05) is 19.2 Å². The standard InChI is InChI=1S/C13H15FN4S/c1-8-11(12(15)19)13(18(2)17-8)16-7-9-5-3-4-6-10(9)14/h3-6,16H,7H2,1-2H3,(H2,15,19). The maximum absolute atomic E-state index is 13.5. The Morgan fingerprint density at radius 3 is 2.79 bits per heavy atom. The second kappa shape index (κ2) is 5.36. The van der Waals surface area contributed by atoms with Crippen molar-refractivity contribution in [2.45, 2.75) is 13.5 Å². The van der Waals surface area contributed by atoms with Gasteiger partial charge < -0.3 is 11.1 Å². The summed E-state index contributed by atoms with van der Waals surface area (Å²) in [5, 5.41) is 7.39. The van der Waals surface area contributed by atoms with Crippen molar-refractivity contribution in [2.75, 3.05) is 5.32 Å². The monoisotopic (exact) mass is 278 g/mol. The number of aryl methyl sites for hydroxylation is 2. The molecule has 4 nitrogen and oxygen atoms in total. The fourth-order valence-electron chi connectivity index (χ4n) is 1.98. The molecule has 2 aromatic rings. The molecule has 0 saturated carbocycles. The second-order valence-corrected chi connectivity index (χ2v) is 4.68. The van der Waals surface area contributed by atoms with Gasteiger partial charge in [-0.2, -0.15) is 5.10 Å².